The molecule has 0 aliphatic heterocycles. The quantitative estimate of drug-likeness (QED) is 0.376. The first-order valence-corrected chi connectivity index (χ1v) is 11.4. The van der Waals surface area contributed by atoms with E-state index in [1.165, 1.54) is 29.4 Å². The van der Waals surface area contributed by atoms with E-state index in [1.54, 1.807) is 78.9 Å². The molecule has 0 aliphatic rings. The van der Waals surface area contributed by atoms with Crippen molar-refractivity contribution in [1.82, 2.24) is 13.7 Å². The number of para-hydroxylation sites is 2. The van der Waals surface area contributed by atoms with Crippen LogP contribution >= 0.6 is 0 Å². The molecule has 5 aromatic rings. The number of methoxy groups -OCH3 is 1. The number of benzene rings is 3. The number of carbonyl (C=O) groups excluding carboxylic acids is 1. The summed E-state index contributed by atoms with van der Waals surface area (Å²) in [7, 11) is 2.81. The fourth-order valence-electron chi connectivity index (χ4n) is 4.22. The largest absolute Gasteiger partial charge is 0.465 e. The van der Waals surface area contributed by atoms with E-state index >= 15 is 0 Å². The van der Waals surface area contributed by atoms with Crippen LogP contribution in [0.25, 0.3) is 22.4 Å². The minimum absolute atomic E-state index is 0.145. The number of rotatable bonds is 5. The Labute approximate surface area is 210 Å². The molecular formula is C28H22N4O5. The molecule has 2 heterocycles. The van der Waals surface area contributed by atoms with Gasteiger partial charge in [0, 0.05) is 18.8 Å². The molecule has 1 N–H and O–H groups in total. The molecule has 0 fully saturated rings. The fourth-order valence-corrected chi connectivity index (χ4v) is 4.22. The van der Waals surface area contributed by atoms with E-state index in [0.29, 0.717) is 22.6 Å². The average molecular weight is 495 g/mol. The highest BCUT2D eigenvalue weighted by Crippen LogP contribution is 2.24. The molecule has 0 atom stereocenters. The second-order valence-corrected chi connectivity index (χ2v) is 8.28. The molecule has 0 saturated carbocycles. The van der Waals surface area contributed by atoms with Crippen LogP contribution in [0.4, 0.5) is 11.4 Å². The van der Waals surface area contributed by atoms with Crippen molar-refractivity contribution in [3.8, 4) is 11.4 Å². The Kier molecular flexibility index (Phi) is 6.02. The van der Waals surface area contributed by atoms with Gasteiger partial charge in [-0.1, -0.05) is 36.4 Å². The van der Waals surface area contributed by atoms with Crippen molar-refractivity contribution in [2.45, 2.75) is 0 Å². The maximum Gasteiger partial charge on any atom is 0.341 e. The van der Waals surface area contributed by atoms with Crippen molar-refractivity contribution < 1.29 is 9.53 Å². The summed E-state index contributed by atoms with van der Waals surface area (Å²) in [5.41, 5.74) is 0.548. The summed E-state index contributed by atoms with van der Waals surface area (Å²) in [4.78, 5) is 52.6. The number of aromatic nitrogens is 3. The topological polar surface area (TPSA) is 104 Å². The van der Waals surface area contributed by atoms with Crippen LogP contribution in [0.15, 0.2) is 105 Å². The number of hydrogen-bond acceptors (Lipinski definition) is 6. The zero-order valence-electron chi connectivity index (χ0n) is 20.0. The zero-order chi connectivity index (χ0) is 26.1. The van der Waals surface area contributed by atoms with Crippen molar-refractivity contribution in [2.24, 2.45) is 7.05 Å². The summed E-state index contributed by atoms with van der Waals surface area (Å²) in [6, 6.07) is 25.2. The molecule has 0 amide bonds. The molecule has 0 radical (unpaired) electrons. The van der Waals surface area contributed by atoms with Crippen LogP contribution in [-0.2, 0) is 11.8 Å². The van der Waals surface area contributed by atoms with E-state index in [1.807, 2.05) is 6.07 Å². The van der Waals surface area contributed by atoms with Gasteiger partial charge in [-0.15, -0.1) is 0 Å². The standard InChI is InChI=1S/C28H22N4O5/c1-30-23(33)17-22(29-19-15-13-18(14-16-19)27(35)37-2)24-25(30)31(20-9-5-3-6-10-20)28(36)32(26(24)34)21-11-7-4-8-12-21/h3-17,29H,1-2H3. The molecule has 0 aliphatic carbocycles. The zero-order valence-corrected chi connectivity index (χ0v) is 20.0. The molecule has 9 heteroatoms. The Hall–Kier alpha value is -5.18. The first-order chi connectivity index (χ1) is 17.9. The first-order valence-electron chi connectivity index (χ1n) is 11.4. The van der Waals surface area contributed by atoms with E-state index in [9.17, 15) is 19.2 Å². The maximum atomic E-state index is 13.9. The fraction of sp³-hybridized carbons (Fsp3) is 0.0714. The Morgan fingerprint density at radius 2 is 1.35 bits per heavy atom. The summed E-state index contributed by atoms with van der Waals surface area (Å²) in [6.45, 7) is 0. The minimum atomic E-state index is -0.607. The Morgan fingerprint density at radius 1 is 0.784 bits per heavy atom. The third-order valence-electron chi connectivity index (χ3n) is 6.03. The van der Waals surface area contributed by atoms with E-state index in [2.05, 4.69) is 5.32 Å². The lowest BCUT2D eigenvalue weighted by atomic mass is 10.2. The number of fused-ring (bicyclic) bond motifs is 1. The molecular weight excluding hydrogens is 472 g/mol. The normalized spacial score (nSPS) is 10.9. The van der Waals surface area contributed by atoms with Crippen LogP contribution in [0.5, 0.6) is 0 Å². The molecule has 0 unspecified atom stereocenters. The summed E-state index contributed by atoms with van der Waals surface area (Å²) in [5.74, 6) is -0.483. The number of ether oxygens (including phenoxy) is 1. The van der Waals surface area contributed by atoms with Gasteiger partial charge < -0.3 is 10.1 Å². The maximum absolute atomic E-state index is 13.9. The first kappa shape index (κ1) is 23.6. The highest BCUT2D eigenvalue weighted by molar-refractivity contribution is 5.93. The monoisotopic (exact) mass is 494 g/mol. The number of esters is 1. The second-order valence-electron chi connectivity index (χ2n) is 8.28. The third kappa shape index (κ3) is 4.12. The molecule has 0 spiro atoms. The van der Waals surface area contributed by atoms with Crippen LogP contribution in [0.2, 0.25) is 0 Å². The summed E-state index contributed by atoms with van der Waals surface area (Å²) in [6.07, 6.45) is 0. The third-order valence-corrected chi connectivity index (χ3v) is 6.03. The highest BCUT2D eigenvalue weighted by atomic mass is 16.5. The smallest absolute Gasteiger partial charge is 0.341 e. The molecule has 9 nitrogen and oxygen atoms in total. The van der Waals surface area contributed by atoms with Crippen molar-refractivity contribution in [3.05, 3.63) is 128 Å². The highest BCUT2D eigenvalue weighted by Gasteiger charge is 2.21. The predicted octanol–water partition coefficient (Wildman–Crippen LogP) is 3.37. The lowest BCUT2D eigenvalue weighted by Gasteiger charge is -2.19. The number of pyridine rings is 1. The molecule has 0 bridgehead atoms. The van der Waals surface area contributed by atoms with Crippen LogP contribution in [0.1, 0.15) is 10.4 Å². The molecule has 3 aromatic carbocycles. The number of carbonyl (C=O) groups is 1. The average Bonchev–Trinajstić information content (AvgIpc) is 2.92. The van der Waals surface area contributed by atoms with Gasteiger partial charge in [-0.3, -0.25) is 14.2 Å². The van der Waals surface area contributed by atoms with Crippen molar-refractivity contribution in [1.29, 1.82) is 0 Å². The summed E-state index contributed by atoms with van der Waals surface area (Å²) in [5, 5.41) is 3.27. The summed E-state index contributed by atoms with van der Waals surface area (Å²) < 4.78 is 8.47. The van der Waals surface area contributed by atoms with Gasteiger partial charge in [-0.25, -0.2) is 18.7 Å². The molecule has 5 rings (SSSR count). The number of anilines is 2. The Bertz CT molecular complexity index is 1800. The van der Waals surface area contributed by atoms with Crippen LogP contribution < -0.4 is 22.1 Å². The van der Waals surface area contributed by atoms with E-state index < -0.39 is 22.8 Å². The van der Waals surface area contributed by atoms with Gasteiger partial charge in [-0.2, -0.15) is 0 Å². The minimum Gasteiger partial charge on any atom is -0.465 e. The molecule has 2 aromatic heterocycles. The van der Waals surface area contributed by atoms with E-state index in [-0.39, 0.29) is 16.7 Å². The lowest BCUT2D eigenvalue weighted by Crippen LogP contribution is -2.40. The molecule has 0 saturated heterocycles. The Morgan fingerprint density at radius 3 is 1.92 bits per heavy atom. The van der Waals surface area contributed by atoms with E-state index in [0.717, 1.165) is 4.57 Å². The van der Waals surface area contributed by atoms with Crippen LogP contribution in [0, 0.1) is 0 Å². The SMILES string of the molecule is COC(=O)c1ccc(Nc2cc(=O)n(C)c3c2c(=O)n(-c2ccccc2)c(=O)n3-c2ccccc2)cc1. The summed E-state index contributed by atoms with van der Waals surface area (Å²) >= 11 is 0. The number of hydrogen-bond donors (Lipinski definition) is 1. The number of aryl methyl sites for hydroxylation is 1. The Balaban J connectivity index is 1.85. The van der Waals surface area contributed by atoms with Gasteiger partial charge >= 0.3 is 11.7 Å². The molecule has 184 valence electrons. The van der Waals surface area contributed by atoms with E-state index in [4.69, 9.17) is 4.74 Å². The van der Waals surface area contributed by atoms with Gasteiger partial charge in [-0.05, 0) is 48.5 Å². The second kappa shape index (κ2) is 9.46. The van der Waals surface area contributed by atoms with Crippen molar-refractivity contribution >= 4 is 28.4 Å². The van der Waals surface area contributed by atoms with Gasteiger partial charge in [0.05, 0.1) is 29.7 Å². The van der Waals surface area contributed by atoms with Crippen LogP contribution in [-0.4, -0.2) is 26.8 Å². The number of nitrogens with zero attached hydrogens (tertiary/aromatic N) is 3. The van der Waals surface area contributed by atoms with Gasteiger partial charge in [0.25, 0.3) is 11.1 Å². The molecule has 37 heavy (non-hydrogen) atoms. The lowest BCUT2D eigenvalue weighted by molar-refractivity contribution is 0.0601. The van der Waals surface area contributed by atoms with Gasteiger partial charge in [0.2, 0.25) is 0 Å². The number of nitrogens with one attached hydrogen (secondary N) is 1. The van der Waals surface area contributed by atoms with Gasteiger partial charge in [0.1, 0.15) is 11.0 Å². The van der Waals surface area contributed by atoms with Gasteiger partial charge in [0.15, 0.2) is 0 Å². The van der Waals surface area contributed by atoms with Crippen molar-refractivity contribution in [3.63, 3.8) is 0 Å². The van der Waals surface area contributed by atoms with Crippen LogP contribution in [0.3, 0.4) is 0 Å². The predicted molar refractivity (Wildman–Crippen MR) is 141 cm³/mol. The van der Waals surface area contributed by atoms with Crippen molar-refractivity contribution in [2.75, 3.05) is 12.4 Å².